The van der Waals surface area contributed by atoms with Gasteiger partial charge in [0.15, 0.2) is 0 Å². The van der Waals surface area contributed by atoms with E-state index in [4.69, 9.17) is 9.47 Å². The van der Waals surface area contributed by atoms with Crippen molar-refractivity contribution in [3.63, 3.8) is 0 Å². The number of nitrogens with one attached hydrogen (secondary N) is 2. The molecule has 1 aliphatic rings. The second-order valence-corrected chi connectivity index (χ2v) is 5.61. The zero-order chi connectivity index (χ0) is 15.5. The van der Waals surface area contributed by atoms with Crippen LogP contribution in [0.4, 0.5) is 0 Å². The minimum atomic E-state index is -0.614. The summed E-state index contributed by atoms with van der Waals surface area (Å²) in [6, 6.07) is 0.0698. The van der Waals surface area contributed by atoms with Gasteiger partial charge in [0.2, 0.25) is 5.91 Å². The third-order valence-electron chi connectivity index (χ3n) is 3.30. The molecule has 0 aliphatic heterocycles. The number of unbranched alkanes of at least 4 members (excludes halogenated alkanes) is 1. The Balaban J connectivity index is 1.92. The molecule has 0 aromatic carbocycles. The number of carbonyl (C=O) groups is 1. The molecule has 124 valence electrons. The Labute approximate surface area is 127 Å². The van der Waals surface area contributed by atoms with Gasteiger partial charge >= 0.3 is 0 Å². The van der Waals surface area contributed by atoms with Gasteiger partial charge in [-0.25, -0.2) is 0 Å². The largest absolute Gasteiger partial charge is 0.389 e. The maximum absolute atomic E-state index is 11.7. The molecule has 1 saturated carbocycles. The first-order chi connectivity index (χ1) is 10.1. The molecular weight excluding hydrogens is 272 g/mol. The Kier molecular flexibility index (Phi) is 9.58. The van der Waals surface area contributed by atoms with E-state index in [1.807, 2.05) is 0 Å². The van der Waals surface area contributed by atoms with Crippen molar-refractivity contribution in [2.75, 3.05) is 33.0 Å². The van der Waals surface area contributed by atoms with Crippen molar-refractivity contribution in [2.45, 2.75) is 57.7 Å². The van der Waals surface area contributed by atoms with Crippen LogP contribution in [0.5, 0.6) is 0 Å². The van der Waals surface area contributed by atoms with Crippen LogP contribution in [0.3, 0.4) is 0 Å². The fourth-order valence-electron chi connectivity index (χ4n) is 1.70. The van der Waals surface area contributed by atoms with Crippen molar-refractivity contribution in [1.82, 2.24) is 10.6 Å². The van der Waals surface area contributed by atoms with E-state index in [1.165, 1.54) is 0 Å². The van der Waals surface area contributed by atoms with E-state index in [0.29, 0.717) is 25.8 Å². The van der Waals surface area contributed by atoms with Crippen LogP contribution in [0.1, 0.15) is 39.5 Å². The van der Waals surface area contributed by atoms with E-state index in [-0.39, 0.29) is 18.6 Å². The topological polar surface area (TPSA) is 79.8 Å². The van der Waals surface area contributed by atoms with E-state index >= 15 is 0 Å². The first-order valence-corrected chi connectivity index (χ1v) is 8.00. The van der Waals surface area contributed by atoms with E-state index in [0.717, 1.165) is 32.3 Å². The minimum absolute atomic E-state index is 0.00468. The number of ether oxygens (including phenoxy) is 2. The minimum Gasteiger partial charge on any atom is -0.389 e. The molecule has 6 heteroatoms. The van der Waals surface area contributed by atoms with Gasteiger partial charge in [-0.3, -0.25) is 4.79 Å². The third kappa shape index (κ3) is 9.79. The lowest BCUT2D eigenvalue weighted by atomic mass is 10.3. The zero-order valence-corrected chi connectivity index (χ0v) is 13.3. The number of aliphatic hydroxyl groups is 1. The first-order valence-electron chi connectivity index (χ1n) is 8.00. The molecule has 2 unspecified atom stereocenters. The van der Waals surface area contributed by atoms with Gasteiger partial charge in [-0.2, -0.15) is 0 Å². The lowest BCUT2D eigenvalue weighted by molar-refractivity contribution is -0.123. The fraction of sp³-hybridized carbons (Fsp3) is 0.933. The molecule has 0 radical (unpaired) electrons. The summed E-state index contributed by atoms with van der Waals surface area (Å²) in [6.45, 7) is 6.31. The van der Waals surface area contributed by atoms with Gasteiger partial charge in [0.1, 0.15) is 0 Å². The van der Waals surface area contributed by atoms with Crippen molar-refractivity contribution in [3.8, 4) is 0 Å². The van der Waals surface area contributed by atoms with Crippen molar-refractivity contribution in [1.29, 1.82) is 0 Å². The normalized spacial score (nSPS) is 17.5. The fourth-order valence-corrected chi connectivity index (χ4v) is 1.70. The van der Waals surface area contributed by atoms with E-state index < -0.39 is 6.10 Å². The highest BCUT2D eigenvalue weighted by Gasteiger charge is 2.25. The van der Waals surface area contributed by atoms with Gasteiger partial charge in [0.05, 0.1) is 32.0 Å². The molecule has 0 bridgehead atoms. The Bertz CT molecular complexity index is 285. The average Bonchev–Trinajstić information content (AvgIpc) is 3.27. The lowest BCUT2D eigenvalue weighted by Gasteiger charge is -2.17. The second kappa shape index (κ2) is 11.0. The number of aliphatic hydroxyl groups excluding tert-OH is 1. The molecule has 1 amide bonds. The van der Waals surface area contributed by atoms with Crippen LogP contribution in [0.25, 0.3) is 0 Å². The van der Waals surface area contributed by atoms with Crippen molar-refractivity contribution < 1.29 is 19.4 Å². The second-order valence-electron chi connectivity index (χ2n) is 5.61. The van der Waals surface area contributed by atoms with Crippen LogP contribution in [-0.2, 0) is 14.3 Å². The Morgan fingerprint density at radius 1 is 1.29 bits per heavy atom. The molecule has 0 aromatic heterocycles. The number of hydrogen-bond acceptors (Lipinski definition) is 5. The van der Waals surface area contributed by atoms with Gasteiger partial charge < -0.3 is 25.2 Å². The summed E-state index contributed by atoms with van der Waals surface area (Å²) < 4.78 is 10.7. The molecule has 3 N–H and O–H groups in total. The SMILES string of the molecule is CCCCOCCOCC(O)CNC(C)C(=O)NC1CC1. The van der Waals surface area contributed by atoms with Crippen LogP contribution in [0.2, 0.25) is 0 Å². The average molecular weight is 302 g/mol. The summed E-state index contributed by atoms with van der Waals surface area (Å²) in [7, 11) is 0. The van der Waals surface area contributed by atoms with Crippen LogP contribution in [0.15, 0.2) is 0 Å². The maximum atomic E-state index is 11.7. The summed E-state index contributed by atoms with van der Waals surface area (Å²) in [4.78, 5) is 11.7. The maximum Gasteiger partial charge on any atom is 0.237 e. The molecule has 2 atom stereocenters. The lowest BCUT2D eigenvalue weighted by Crippen LogP contribution is -2.46. The van der Waals surface area contributed by atoms with Crippen molar-refractivity contribution >= 4 is 5.91 Å². The standard InChI is InChI=1S/C15H30N2O4/c1-3-4-7-20-8-9-21-11-14(18)10-16-12(2)15(19)17-13-5-6-13/h12-14,16,18H,3-11H2,1-2H3,(H,17,19). The number of rotatable bonds is 13. The van der Waals surface area contributed by atoms with Crippen LogP contribution in [-0.4, -0.2) is 62.2 Å². The summed E-state index contributed by atoms with van der Waals surface area (Å²) in [5, 5.41) is 15.7. The Hall–Kier alpha value is -0.690. The summed E-state index contributed by atoms with van der Waals surface area (Å²) >= 11 is 0. The Morgan fingerprint density at radius 3 is 2.67 bits per heavy atom. The quantitative estimate of drug-likeness (QED) is 0.430. The monoisotopic (exact) mass is 302 g/mol. The van der Waals surface area contributed by atoms with Gasteiger partial charge in [-0.15, -0.1) is 0 Å². The molecule has 6 nitrogen and oxygen atoms in total. The number of carbonyl (C=O) groups excluding carboxylic acids is 1. The molecule has 0 saturated heterocycles. The van der Waals surface area contributed by atoms with Crippen LogP contribution >= 0.6 is 0 Å². The summed E-state index contributed by atoms with van der Waals surface area (Å²) in [5.41, 5.74) is 0. The number of amides is 1. The van der Waals surface area contributed by atoms with Crippen LogP contribution in [0, 0.1) is 0 Å². The molecular formula is C15H30N2O4. The Morgan fingerprint density at radius 2 is 2.00 bits per heavy atom. The predicted octanol–water partition coefficient (Wildman–Crippen LogP) is 0.437. The predicted molar refractivity (Wildman–Crippen MR) is 81.2 cm³/mol. The van der Waals surface area contributed by atoms with Crippen LogP contribution < -0.4 is 10.6 Å². The highest BCUT2D eigenvalue weighted by molar-refractivity contribution is 5.81. The van der Waals surface area contributed by atoms with E-state index in [2.05, 4.69) is 17.6 Å². The number of hydrogen-bond donors (Lipinski definition) is 3. The van der Waals surface area contributed by atoms with Crippen molar-refractivity contribution in [3.05, 3.63) is 0 Å². The molecule has 0 spiro atoms. The van der Waals surface area contributed by atoms with Gasteiger partial charge in [0.25, 0.3) is 0 Å². The molecule has 1 fully saturated rings. The third-order valence-corrected chi connectivity index (χ3v) is 3.30. The van der Waals surface area contributed by atoms with Gasteiger partial charge in [-0.1, -0.05) is 13.3 Å². The van der Waals surface area contributed by atoms with Gasteiger partial charge in [0, 0.05) is 19.2 Å². The molecule has 1 rings (SSSR count). The zero-order valence-electron chi connectivity index (χ0n) is 13.3. The molecule has 21 heavy (non-hydrogen) atoms. The van der Waals surface area contributed by atoms with E-state index in [1.54, 1.807) is 6.92 Å². The first kappa shape index (κ1) is 18.4. The smallest absolute Gasteiger partial charge is 0.237 e. The highest BCUT2D eigenvalue weighted by Crippen LogP contribution is 2.18. The molecule has 0 aromatic rings. The molecule has 0 heterocycles. The van der Waals surface area contributed by atoms with Gasteiger partial charge in [-0.05, 0) is 26.2 Å². The molecule has 1 aliphatic carbocycles. The highest BCUT2D eigenvalue weighted by atomic mass is 16.5. The van der Waals surface area contributed by atoms with E-state index in [9.17, 15) is 9.90 Å². The summed E-state index contributed by atoms with van der Waals surface area (Å²) in [6.07, 6.45) is 3.73. The van der Waals surface area contributed by atoms with Crippen molar-refractivity contribution in [2.24, 2.45) is 0 Å². The summed E-state index contributed by atoms with van der Waals surface area (Å²) in [5.74, 6) is -0.00468.